The van der Waals surface area contributed by atoms with E-state index in [1.54, 1.807) is 0 Å². The van der Waals surface area contributed by atoms with Crippen molar-refractivity contribution >= 4 is 22.6 Å². The van der Waals surface area contributed by atoms with Crippen molar-refractivity contribution in [3.8, 4) is 0 Å². The normalized spacial score (nSPS) is 17.6. The summed E-state index contributed by atoms with van der Waals surface area (Å²) in [5.74, 6) is 1.59. The molecular formula is C9H17I. The van der Waals surface area contributed by atoms with Crippen molar-refractivity contribution in [1.29, 1.82) is 0 Å². The molecule has 0 aromatic heterocycles. The Morgan fingerprint density at radius 2 is 2.00 bits per heavy atom. The summed E-state index contributed by atoms with van der Waals surface area (Å²) < 4.78 is 2.12. The van der Waals surface area contributed by atoms with Crippen molar-refractivity contribution in [3.63, 3.8) is 0 Å². The van der Waals surface area contributed by atoms with Gasteiger partial charge in [-0.2, -0.15) is 0 Å². The van der Waals surface area contributed by atoms with E-state index in [0.29, 0.717) is 0 Å². The lowest BCUT2D eigenvalue weighted by molar-refractivity contribution is 0.424. The van der Waals surface area contributed by atoms with Crippen LogP contribution in [0.15, 0.2) is 10.2 Å². The molecule has 0 aliphatic rings. The van der Waals surface area contributed by atoms with E-state index in [2.05, 4.69) is 53.5 Å². The number of hydrogen-bond acceptors (Lipinski definition) is 0. The Morgan fingerprint density at radius 1 is 1.40 bits per heavy atom. The van der Waals surface area contributed by atoms with Crippen LogP contribution in [-0.4, -0.2) is 0 Å². The summed E-state index contributed by atoms with van der Waals surface area (Å²) in [6.07, 6.45) is 4.93. The molecule has 0 fully saturated rings. The van der Waals surface area contributed by atoms with E-state index in [0.717, 1.165) is 11.8 Å². The van der Waals surface area contributed by atoms with Crippen LogP contribution < -0.4 is 0 Å². The van der Waals surface area contributed by atoms with E-state index in [1.807, 2.05) is 0 Å². The molecule has 0 radical (unpaired) electrons. The summed E-state index contributed by atoms with van der Waals surface area (Å²) in [7, 11) is 0. The van der Waals surface area contributed by atoms with E-state index in [4.69, 9.17) is 0 Å². The molecule has 0 heterocycles. The summed E-state index contributed by atoms with van der Waals surface area (Å²) in [6.45, 7) is 6.86. The zero-order chi connectivity index (χ0) is 7.98. The van der Waals surface area contributed by atoms with Gasteiger partial charge in [0.2, 0.25) is 0 Å². The number of rotatable bonds is 4. The first-order valence-corrected chi connectivity index (χ1v) is 5.23. The van der Waals surface area contributed by atoms with Gasteiger partial charge in [0.05, 0.1) is 0 Å². The quantitative estimate of drug-likeness (QED) is 0.663. The lowest BCUT2D eigenvalue weighted by Crippen LogP contribution is -2.03. The molecule has 0 aliphatic heterocycles. The zero-order valence-corrected chi connectivity index (χ0v) is 9.26. The van der Waals surface area contributed by atoms with Crippen LogP contribution in [0.4, 0.5) is 0 Å². The lowest BCUT2D eigenvalue weighted by atomic mass is 9.92. The highest BCUT2D eigenvalue weighted by atomic mass is 127. The van der Waals surface area contributed by atoms with E-state index in [-0.39, 0.29) is 0 Å². The molecule has 0 amide bonds. The van der Waals surface area contributed by atoms with Gasteiger partial charge < -0.3 is 0 Å². The van der Waals surface area contributed by atoms with Crippen LogP contribution in [0.1, 0.15) is 33.6 Å². The number of halogens is 1. The second kappa shape index (κ2) is 6.20. The van der Waals surface area contributed by atoms with E-state index in [9.17, 15) is 0 Å². The zero-order valence-electron chi connectivity index (χ0n) is 7.10. The lowest BCUT2D eigenvalue weighted by Gasteiger charge is -2.14. The molecule has 10 heavy (non-hydrogen) atoms. The molecule has 0 rings (SSSR count). The molecule has 2 atom stereocenters. The van der Waals surface area contributed by atoms with Gasteiger partial charge >= 0.3 is 0 Å². The van der Waals surface area contributed by atoms with E-state index in [1.165, 1.54) is 12.8 Å². The topological polar surface area (TPSA) is 0 Å². The second-order valence-electron chi connectivity index (χ2n) is 2.94. The van der Waals surface area contributed by atoms with Crippen LogP contribution >= 0.6 is 22.6 Å². The van der Waals surface area contributed by atoms with Crippen molar-refractivity contribution in [3.05, 3.63) is 10.2 Å². The second-order valence-corrected chi connectivity index (χ2v) is 3.66. The van der Waals surface area contributed by atoms with Gasteiger partial charge in [-0.1, -0.05) is 62.3 Å². The molecule has 0 bridgehead atoms. The highest BCUT2D eigenvalue weighted by molar-refractivity contribution is 14.1. The number of allylic oxidation sites excluding steroid dienone is 1. The first-order chi connectivity index (χ1) is 4.72. The van der Waals surface area contributed by atoms with Crippen molar-refractivity contribution in [1.82, 2.24) is 0 Å². The van der Waals surface area contributed by atoms with E-state index >= 15 is 0 Å². The summed E-state index contributed by atoms with van der Waals surface area (Å²) >= 11 is 2.28. The Bertz CT molecular complexity index is 96.9. The Labute approximate surface area is 78.2 Å². The van der Waals surface area contributed by atoms with Crippen LogP contribution in [0, 0.1) is 11.8 Å². The molecule has 0 spiro atoms. The molecule has 0 saturated carbocycles. The summed E-state index contributed by atoms with van der Waals surface area (Å²) in [5.41, 5.74) is 0. The molecule has 0 aliphatic carbocycles. The molecular weight excluding hydrogens is 235 g/mol. The van der Waals surface area contributed by atoms with Crippen molar-refractivity contribution in [2.45, 2.75) is 33.6 Å². The maximum atomic E-state index is 2.32. The van der Waals surface area contributed by atoms with Gasteiger partial charge in [0.15, 0.2) is 0 Å². The third-order valence-corrected chi connectivity index (χ3v) is 2.43. The Kier molecular flexibility index (Phi) is 6.49. The third kappa shape index (κ3) is 4.31. The SMILES string of the molecule is CCC[C@H](C)[C@@H](C)/C=C/I. The fraction of sp³-hybridized carbons (Fsp3) is 0.778. The third-order valence-electron chi connectivity index (χ3n) is 2.02. The Morgan fingerprint density at radius 3 is 2.40 bits per heavy atom. The van der Waals surface area contributed by atoms with Gasteiger partial charge in [-0.25, -0.2) is 0 Å². The summed E-state index contributed by atoms with van der Waals surface area (Å²) in [6, 6.07) is 0. The summed E-state index contributed by atoms with van der Waals surface area (Å²) in [5, 5.41) is 0. The molecule has 0 aromatic rings. The van der Waals surface area contributed by atoms with Gasteiger partial charge in [0.25, 0.3) is 0 Å². The Hall–Kier alpha value is 0.470. The van der Waals surface area contributed by atoms with Crippen LogP contribution in [0.5, 0.6) is 0 Å². The predicted octanol–water partition coefficient (Wildman–Crippen LogP) is 4.01. The predicted molar refractivity (Wildman–Crippen MR) is 56.4 cm³/mol. The maximum absolute atomic E-state index is 2.32. The van der Waals surface area contributed by atoms with Crippen LogP contribution in [0.2, 0.25) is 0 Å². The minimum atomic E-state index is 0.747. The smallest absolute Gasteiger partial charge is 0.0229 e. The minimum Gasteiger partial charge on any atom is -0.0753 e. The average Bonchev–Trinajstić information content (AvgIpc) is 1.89. The first-order valence-electron chi connectivity index (χ1n) is 3.99. The van der Waals surface area contributed by atoms with Gasteiger partial charge in [-0.15, -0.1) is 0 Å². The van der Waals surface area contributed by atoms with Gasteiger partial charge in [0.1, 0.15) is 0 Å². The fourth-order valence-corrected chi connectivity index (χ4v) is 1.68. The maximum Gasteiger partial charge on any atom is -0.0229 e. The molecule has 0 unspecified atom stereocenters. The molecule has 60 valence electrons. The molecule has 0 aromatic carbocycles. The first kappa shape index (κ1) is 10.5. The average molecular weight is 252 g/mol. The highest BCUT2D eigenvalue weighted by Crippen LogP contribution is 2.17. The highest BCUT2D eigenvalue weighted by Gasteiger charge is 2.06. The fourth-order valence-electron chi connectivity index (χ4n) is 1.02. The molecule has 1 heteroatoms. The van der Waals surface area contributed by atoms with Crippen molar-refractivity contribution in [2.75, 3.05) is 0 Å². The standard InChI is InChI=1S/C9H17I/c1-4-5-8(2)9(3)6-7-10/h6-9H,4-5H2,1-3H3/b7-6+/t8-,9-/m0/s1. The van der Waals surface area contributed by atoms with Crippen molar-refractivity contribution < 1.29 is 0 Å². The largest absolute Gasteiger partial charge is 0.0753 e. The molecule has 0 saturated heterocycles. The minimum absolute atomic E-state index is 0.747. The van der Waals surface area contributed by atoms with Gasteiger partial charge in [0, 0.05) is 0 Å². The van der Waals surface area contributed by atoms with Crippen molar-refractivity contribution in [2.24, 2.45) is 11.8 Å². The Balaban J connectivity index is 3.58. The monoisotopic (exact) mass is 252 g/mol. The van der Waals surface area contributed by atoms with E-state index < -0.39 is 0 Å². The van der Waals surface area contributed by atoms with Crippen LogP contribution in [0.25, 0.3) is 0 Å². The molecule has 0 nitrogen and oxygen atoms in total. The summed E-state index contributed by atoms with van der Waals surface area (Å²) in [4.78, 5) is 0. The van der Waals surface area contributed by atoms with Gasteiger partial charge in [-0.05, 0) is 15.9 Å². The van der Waals surface area contributed by atoms with Crippen LogP contribution in [0.3, 0.4) is 0 Å². The van der Waals surface area contributed by atoms with Crippen LogP contribution in [-0.2, 0) is 0 Å². The molecule has 0 N–H and O–H groups in total. The number of hydrogen-bond donors (Lipinski definition) is 0. The van der Waals surface area contributed by atoms with Gasteiger partial charge in [-0.3, -0.25) is 0 Å².